The molecule has 0 rings (SSSR count). The van der Waals surface area contributed by atoms with Gasteiger partial charge in [0.1, 0.15) is 13.2 Å². The molecule has 1 atom stereocenters. The summed E-state index contributed by atoms with van der Waals surface area (Å²) >= 11 is 0. The maximum atomic E-state index is 12.9. The largest absolute Gasteiger partial charge is 0.462 e. The summed E-state index contributed by atoms with van der Waals surface area (Å²) in [4.78, 5) is 38.2. The number of carbonyl (C=O) groups is 3. The Morgan fingerprint density at radius 2 is 0.606 bits per heavy atom. The van der Waals surface area contributed by atoms with Gasteiger partial charge in [-0.15, -0.1) is 0 Å². The fraction of sp³-hybridized carbons (Fsp3) is 0.646. The molecule has 0 heterocycles. The lowest BCUT2D eigenvalue weighted by Crippen LogP contribution is -2.30. The van der Waals surface area contributed by atoms with Crippen molar-refractivity contribution in [3.8, 4) is 0 Å². The fourth-order valence-electron chi connectivity index (χ4n) is 7.67. The SMILES string of the molecule is CC/C=C\C/C=C\C/C=C\C/C=C\CCCCCC(=O)OCC(COC(=O)CCCCCCCCCCCC/C=C\C=C/CCCCC)OC(=O)CCCCCCC\C=C/C=C\C=C/C=C\CCCCC. The second-order valence-corrected chi connectivity index (χ2v) is 18.9. The van der Waals surface area contributed by atoms with Gasteiger partial charge in [-0.2, -0.15) is 0 Å². The number of hydrogen-bond acceptors (Lipinski definition) is 6. The van der Waals surface area contributed by atoms with Gasteiger partial charge in [-0.1, -0.05) is 245 Å². The zero-order valence-electron chi connectivity index (χ0n) is 45.9. The van der Waals surface area contributed by atoms with E-state index >= 15 is 0 Å². The first-order valence-corrected chi connectivity index (χ1v) is 29.1. The van der Waals surface area contributed by atoms with Crippen molar-refractivity contribution in [2.24, 2.45) is 0 Å². The van der Waals surface area contributed by atoms with E-state index in [1.165, 1.54) is 96.3 Å². The molecule has 1 unspecified atom stereocenters. The average molecular weight is 984 g/mol. The van der Waals surface area contributed by atoms with Crippen LogP contribution in [0.2, 0.25) is 0 Å². The second kappa shape index (κ2) is 58.4. The first-order valence-electron chi connectivity index (χ1n) is 29.1. The molecule has 0 saturated carbocycles. The van der Waals surface area contributed by atoms with E-state index < -0.39 is 6.10 Å². The minimum atomic E-state index is -0.810. The van der Waals surface area contributed by atoms with E-state index in [4.69, 9.17) is 14.2 Å². The molecule has 0 aromatic rings. The highest BCUT2D eigenvalue weighted by atomic mass is 16.6. The minimum Gasteiger partial charge on any atom is -0.462 e. The van der Waals surface area contributed by atoms with Crippen molar-refractivity contribution in [2.75, 3.05) is 13.2 Å². The molecule has 71 heavy (non-hydrogen) atoms. The highest BCUT2D eigenvalue weighted by molar-refractivity contribution is 5.71. The van der Waals surface area contributed by atoms with Crippen LogP contribution in [0, 0.1) is 0 Å². The highest BCUT2D eigenvalue weighted by Gasteiger charge is 2.19. The summed E-state index contributed by atoms with van der Waals surface area (Å²) in [5, 5.41) is 0. The molecule has 0 amide bonds. The van der Waals surface area contributed by atoms with Gasteiger partial charge in [-0.3, -0.25) is 14.4 Å². The summed E-state index contributed by atoms with van der Waals surface area (Å²) in [7, 11) is 0. The molecular weight excluding hydrogens is 877 g/mol. The van der Waals surface area contributed by atoms with Crippen LogP contribution >= 0.6 is 0 Å². The fourth-order valence-corrected chi connectivity index (χ4v) is 7.67. The van der Waals surface area contributed by atoms with Crippen LogP contribution in [0.3, 0.4) is 0 Å². The van der Waals surface area contributed by atoms with Crippen LogP contribution in [0.15, 0.2) is 122 Å². The molecule has 0 aliphatic carbocycles. The number of unbranched alkanes of at least 4 members (excludes halogenated alkanes) is 24. The minimum absolute atomic E-state index is 0.103. The van der Waals surface area contributed by atoms with Gasteiger partial charge in [-0.25, -0.2) is 0 Å². The average Bonchev–Trinajstić information content (AvgIpc) is 3.37. The third kappa shape index (κ3) is 56.6. The van der Waals surface area contributed by atoms with Crippen molar-refractivity contribution in [1.29, 1.82) is 0 Å². The van der Waals surface area contributed by atoms with E-state index in [0.717, 1.165) is 116 Å². The molecule has 0 aromatic heterocycles. The summed E-state index contributed by atoms with van der Waals surface area (Å²) in [6.45, 7) is 6.41. The van der Waals surface area contributed by atoms with E-state index in [9.17, 15) is 14.4 Å². The zero-order valence-corrected chi connectivity index (χ0v) is 45.9. The first kappa shape index (κ1) is 66.8. The van der Waals surface area contributed by atoms with Crippen molar-refractivity contribution in [2.45, 2.75) is 258 Å². The maximum Gasteiger partial charge on any atom is 0.306 e. The molecule has 0 saturated heterocycles. The summed E-state index contributed by atoms with van der Waals surface area (Å²) < 4.78 is 16.8. The molecule has 0 radical (unpaired) electrons. The van der Waals surface area contributed by atoms with Gasteiger partial charge in [-0.05, 0) is 109 Å². The summed E-state index contributed by atoms with van der Waals surface area (Å²) in [5.74, 6) is -0.962. The monoisotopic (exact) mass is 983 g/mol. The number of hydrogen-bond donors (Lipinski definition) is 0. The molecule has 6 nitrogen and oxygen atoms in total. The van der Waals surface area contributed by atoms with E-state index in [1.54, 1.807) is 0 Å². The Bertz CT molecular complexity index is 1500. The van der Waals surface area contributed by atoms with Gasteiger partial charge in [0.15, 0.2) is 6.10 Å². The van der Waals surface area contributed by atoms with Crippen LogP contribution in [0.5, 0.6) is 0 Å². The Morgan fingerprint density at radius 3 is 1.01 bits per heavy atom. The zero-order chi connectivity index (χ0) is 51.4. The van der Waals surface area contributed by atoms with E-state index in [1.807, 2.05) is 0 Å². The number of esters is 3. The van der Waals surface area contributed by atoms with Gasteiger partial charge in [0.05, 0.1) is 0 Å². The number of allylic oxidation sites excluding steroid dienone is 20. The second-order valence-electron chi connectivity index (χ2n) is 18.9. The van der Waals surface area contributed by atoms with E-state index in [2.05, 4.69) is 142 Å². The van der Waals surface area contributed by atoms with E-state index in [-0.39, 0.29) is 31.1 Å². The van der Waals surface area contributed by atoms with Crippen LogP contribution in [-0.4, -0.2) is 37.2 Å². The predicted molar refractivity (Wildman–Crippen MR) is 306 cm³/mol. The Morgan fingerprint density at radius 1 is 0.310 bits per heavy atom. The lowest BCUT2D eigenvalue weighted by Gasteiger charge is -2.18. The first-order chi connectivity index (χ1) is 35.0. The standard InChI is InChI=1S/C65H106O6/c1-4-7-10-13-16-19-22-25-28-31-33-35-37-40-43-46-49-52-55-58-64(67)70-61-62(60-69-63(66)57-54-51-48-45-42-39-36-30-27-24-21-18-15-12-9-6-3)71-65(68)59-56-53-50-47-44-41-38-34-32-29-26-23-20-17-14-11-8-5-2/h9,12,16-23,25-27,29-30,32,34,38-39,42,62H,4-8,10-11,13-15,24,28,31,33,35-37,40-41,43-61H2,1-3H3/b12-9-,19-16-,20-17-,21-18-,25-22-,26-23-,30-27-,32-29-,38-34-,42-39-. The molecular formula is C65H106O6. The summed E-state index contributed by atoms with van der Waals surface area (Å²) in [6.07, 6.45) is 80.3. The van der Waals surface area contributed by atoms with Crippen LogP contribution < -0.4 is 0 Å². The lowest BCUT2D eigenvalue weighted by molar-refractivity contribution is -0.167. The maximum absolute atomic E-state index is 12.9. The summed E-state index contributed by atoms with van der Waals surface area (Å²) in [5.41, 5.74) is 0. The van der Waals surface area contributed by atoms with Crippen molar-refractivity contribution >= 4 is 17.9 Å². The van der Waals surface area contributed by atoms with Gasteiger partial charge in [0, 0.05) is 19.3 Å². The molecule has 6 heteroatoms. The summed E-state index contributed by atoms with van der Waals surface area (Å²) in [6, 6.07) is 0. The molecule has 0 fully saturated rings. The quantitative estimate of drug-likeness (QED) is 0.0199. The van der Waals surface area contributed by atoms with Crippen LogP contribution in [0.25, 0.3) is 0 Å². The Balaban J connectivity index is 4.50. The van der Waals surface area contributed by atoms with Crippen LogP contribution in [0.1, 0.15) is 252 Å². The molecule has 0 aliphatic rings. The normalized spacial score (nSPS) is 13.0. The highest BCUT2D eigenvalue weighted by Crippen LogP contribution is 2.14. The van der Waals surface area contributed by atoms with E-state index in [0.29, 0.717) is 19.3 Å². The molecule has 0 spiro atoms. The van der Waals surface area contributed by atoms with Crippen molar-refractivity contribution in [1.82, 2.24) is 0 Å². The molecule has 0 aliphatic heterocycles. The Labute approximate surface area is 437 Å². The van der Waals surface area contributed by atoms with Gasteiger partial charge >= 0.3 is 17.9 Å². The van der Waals surface area contributed by atoms with Crippen molar-refractivity contribution < 1.29 is 28.6 Å². The number of rotatable bonds is 51. The number of ether oxygens (including phenoxy) is 3. The Kier molecular flexibility index (Phi) is 54.9. The van der Waals surface area contributed by atoms with Crippen LogP contribution in [-0.2, 0) is 28.6 Å². The topological polar surface area (TPSA) is 78.9 Å². The smallest absolute Gasteiger partial charge is 0.306 e. The number of carbonyl (C=O) groups excluding carboxylic acids is 3. The lowest BCUT2D eigenvalue weighted by atomic mass is 10.1. The molecule has 0 N–H and O–H groups in total. The van der Waals surface area contributed by atoms with Crippen molar-refractivity contribution in [3.05, 3.63) is 122 Å². The van der Waals surface area contributed by atoms with Gasteiger partial charge in [0.25, 0.3) is 0 Å². The molecule has 0 aromatic carbocycles. The third-order valence-electron chi connectivity index (χ3n) is 12.0. The van der Waals surface area contributed by atoms with Crippen LogP contribution in [0.4, 0.5) is 0 Å². The van der Waals surface area contributed by atoms with Gasteiger partial charge < -0.3 is 14.2 Å². The predicted octanol–water partition coefficient (Wildman–Crippen LogP) is 19.6. The molecule has 0 bridgehead atoms. The van der Waals surface area contributed by atoms with Gasteiger partial charge in [0.2, 0.25) is 0 Å². The Hall–Kier alpha value is -4.19. The third-order valence-corrected chi connectivity index (χ3v) is 12.0. The van der Waals surface area contributed by atoms with Crippen molar-refractivity contribution in [3.63, 3.8) is 0 Å². The molecule has 402 valence electrons.